The highest BCUT2D eigenvalue weighted by molar-refractivity contribution is 6.24. The van der Waals surface area contributed by atoms with Gasteiger partial charge in [0.15, 0.2) is 5.82 Å². The molecule has 1 aliphatic heterocycles. The molecule has 158 valence electrons. The maximum Gasteiger partial charge on any atom is 0.408 e. The minimum absolute atomic E-state index is 0.160. The van der Waals surface area contributed by atoms with Crippen molar-refractivity contribution in [1.29, 1.82) is 0 Å². The van der Waals surface area contributed by atoms with E-state index in [1.165, 1.54) is 11.0 Å². The van der Waals surface area contributed by atoms with Crippen molar-refractivity contribution in [3.8, 4) is 5.69 Å². The molecule has 1 aliphatic carbocycles. The maximum absolute atomic E-state index is 14.1. The first-order valence-corrected chi connectivity index (χ1v) is 10.3. The number of aromatic nitrogens is 4. The van der Waals surface area contributed by atoms with Crippen molar-refractivity contribution in [2.75, 3.05) is 0 Å². The Labute approximate surface area is 182 Å². The largest absolute Gasteiger partial charge is 0.465 e. The summed E-state index contributed by atoms with van der Waals surface area (Å²) in [5, 5.41) is 17.6. The van der Waals surface area contributed by atoms with Gasteiger partial charge in [-0.15, -0.1) is 21.8 Å². The predicted octanol–water partition coefficient (Wildman–Crippen LogP) is 4.50. The van der Waals surface area contributed by atoms with E-state index in [9.17, 15) is 14.3 Å². The highest BCUT2D eigenvalue weighted by Crippen LogP contribution is 2.45. The quantitative estimate of drug-likeness (QED) is 0.594. The van der Waals surface area contributed by atoms with E-state index in [4.69, 9.17) is 11.6 Å². The lowest BCUT2D eigenvalue weighted by Gasteiger charge is -2.32. The first-order valence-electron chi connectivity index (χ1n) is 9.94. The molecule has 9 heteroatoms. The second kappa shape index (κ2) is 7.46. The van der Waals surface area contributed by atoms with E-state index >= 15 is 0 Å². The fourth-order valence-corrected chi connectivity index (χ4v) is 4.57. The number of allylic oxidation sites excluding steroid dienone is 2. The molecule has 1 unspecified atom stereocenters. The number of halogens is 2. The molecule has 1 amide bonds. The number of benzene rings is 1. The number of carboxylic acid groups (broad SMARTS) is 1. The van der Waals surface area contributed by atoms with Crippen LogP contribution in [0.5, 0.6) is 0 Å². The highest BCUT2D eigenvalue weighted by atomic mass is 35.5. The van der Waals surface area contributed by atoms with Gasteiger partial charge in [0.25, 0.3) is 0 Å². The van der Waals surface area contributed by atoms with E-state index in [-0.39, 0.29) is 18.9 Å². The van der Waals surface area contributed by atoms with Gasteiger partial charge in [-0.05, 0) is 54.2 Å². The van der Waals surface area contributed by atoms with Gasteiger partial charge in [0.1, 0.15) is 17.8 Å². The number of nitrogens with zero attached hydrogens (tertiary/aromatic N) is 5. The molecular weight excluding hydrogens is 421 g/mol. The van der Waals surface area contributed by atoms with Crippen LogP contribution >= 0.6 is 11.6 Å². The maximum atomic E-state index is 14.1. The van der Waals surface area contributed by atoms with Gasteiger partial charge in [0.2, 0.25) is 0 Å². The fourth-order valence-electron chi connectivity index (χ4n) is 4.28. The predicted molar refractivity (Wildman–Crippen MR) is 112 cm³/mol. The Kier molecular flexibility index (Phi) is 4.74. The number of pyridine rings is 1. The standard InChI is InChI=1S/C22H19ClFN5O2/c23-22(7-5-14(6-8-22)20-17(24)2-1-9-25-20)16-3-4-18-15(10-16)11-28(21(30)31)12-19-27-26-13-29(18)19/h1-5,9-10,13H,6-8,11-12H2,(H,30,31). The van der Waals surface area contributed by atoms with Crippen molar-refractivity contribution in [2.24, 2.45) is 0 Å². The molecule has 7 nitrogen and oxygen atoms in total. The number of hydrogen-bond acceptors (Lipinski definition) is 4. The van der Waals surface area contributed by atoms with E-state index in [1.807, 2.05) is 28.8 Å². The molecule has 0 spiro atoms. The van der Waals surface area contributed by atoms with Gasteiger partial charge in [-0.25, -0.2) is 9.18 Å². The van der Waals surface area contributed by atoms with Gasteiger partial charge in [0.05, 0.1) is 23.7 Å². The summed E-state index contributed by atoms with van der Waals surface area (Å²) in [7, 11) is 0. The Hall–Kier alpha value is -3.26. The van der Waals surface area contributed by atoms with Crippen LogP contribution < -0.4 is 0 Å². The lowest BCUT2D eigenvalue weighted by Crippen LogP contribution is -2.28. The highest BCUT2D eigenvalue weighted by Gasteiger charge is 2.34. The molecule has 0 saturated carbocycles. The molecule has 5 rings (SSSR count). The smallest absolute Gasteiger partial charge is 0.408 e. The minimum atomic E-state index is -1.02. The number of amides is 1. The number of fused-ring (bicyclic) bond motifs is 3. The van der Waals surface area contributed by atoms with Crippen molar-refractivity contribution < 1.29 is 14.3 Å². The SMILES string of the molecule is O=C(O)N1Cc2cc(C3(Cl)CC=C(c4ncccc4F)CC3)ccc2-n2cnnc2C1. The van der Waals surface area contributed by atoms with Crippen LogP contribution in [0.25, 0.3) is 11.3 Å². The molecular formula is C22H19ClFN5O2. The third kappa shape index (κ3) is 3.46. The van der Waals surface area contributed by atoms with Crippen molar-refractivity contribution in [3.63, 3.8) is 0 Å². The molecule has 0 saturated heterocycles. The molecule has 0 radical (unpaired) electrons. The summed E-state index contributed by atoms with van der Waals surface area (Å²) in [5.41, 5.74) is 3.82. The van der Waals surface area contributed by atoms with Crippen LogP contribution in [0.2, 0.25) is 0 Å². The van der Waals surface area contributed by atoms with E-state index in [0.29, 0.717) is 30.8 Å². The summed E-state index contributed by atoms with van der Waals surface area (Å²) < 4.78 is 15.9. The molecule has 1 aromatic carbocycles. The normalized spacial score (nSPS) is 20.5. The monoisotopic (exact) mass is 439 g/mol. The van der Waals surface area contributed by atoms with Crippen LogP contribution in [0.15, 0.2) is 48.9 Å². The fraction of sp³-hybridized carbons (Fsp3) is 0.273. The zero-order valence-corrected chi connectivity index (χ0v) is 17.3. The zero-order valence-electron chi connectivity index (χ0n) is 16.5. The summed E-state index contributed by atoms with van der Waals surface area (Å²) in [6.45, 7) is 0.391. The van der Waals surface area contributed by atoms with Crippen LogP contribution in [0.3, 0.4) is 0 Å². The lowest BCUT2D eigenvalue weighted by atomic mass is 9.82. The molecule has 3 heterocycles. The van der Waals surface area contributed by atoms with E-state index in [0.717, 1.165) is 22.4 Å². The number of carbonyl (C=O) groups is 1. The van der Waals surface area contributed by atoms with E-state index in [1.54, 1.807) is 18.6 Å². The molecule has 0 fully saturated rings. The van der Waals surface area contributed by atoms with Gasteiger partial charge in [-0.3, -0.25) is 14.5 Å². The van der Waals surface area contributed by atoms with Crippen LogP contribution in [0, 0.1) is 5.82 Å². The van der Waals surface area contributed by atoms with Crippen LogP contribution in [-0.2, 0) is 18.0 Å². The Morgan fingerprint density at radius 3 is 2.87 bits per heavy atom. The summed E-state index contributed by atoms with van der Waals surface area (Å²) in [4.78, 5) is 16.5. The summed E-state index contributed by atoms with van der Waals surface area (Å²) >= 11 is 7.03. The number of alkyl halides is 1. The molecule has 1 N–H and O–H groups in total. The van der Waals surface area contributed by atoms with Crippen LogP contribution in [0.1, 0.15) is 41.9 Å². The van der Waals surface area contributed by atoms with Crippen molar-refractivity contribution in [2.45, 2.75) is 37.2 Å². The second-order valence-corrected chi connectivity index (χ2v) is 8.56. The van der Waals surface area contributed by atoms with Gasteiger partial charge in [-0.1, -0.05) is 18.2 Å². The first-order chi connectivity index (χ1) is 14.9. The van der Waals surface area contributed by atoms with Gasteiger partial charge < -0.3 is 5.11 Å². The van der Waals surface area contributed by atoms with Gasteiger partial charge in [-0.2, -0.15) is 0 Å². The zero-order chi connectivity index (χ0) is 21.6. The average molecular weight is 440 g/mol. The summed E-state index contributed by atoms with van der Waals surface area (Å²) in [5.74, 6) is 0.233. The van der Waals surface area contributed by atoms with E-state index in [2.05, 4.69) is 15.2 Å². The van der Waals surface area contributed by atoms with Gasteiger partial charge in [0, 0.05) is 6.20 Å². The third-order valence-corrected chi connectivity index (χ3v) is 6.53. The second-order valence-electron chi connectivity index (χ2n) is 7.83. The molecule has 3 aromatic rings. The Balaban J connectivity index is 1.49. The molecule has 2 aromatic heterocycles. The third-order valence-electron chi connectivity index (χ3n) is 5.96. The summed E-state index contributed by atoms with van der Waals surface area (Å²) in [6, 6.07) is 8.85. The number of rotatable bonds is 2. The van der Waals surface area contributed by atoms with Crippen molar-refractivity contribution in [3.05, 3.63) is 77.4 Å². The lowest BCUT2D eigenvalue weighted by molar-refractivity contribution is 0.139. The van der Waals surface area contributed by atoms with Gasteiger partial charge >= 0.3 is 6.09 Å². The minimum Gasteiger partial charge on any atom is -0.465 e. The van der Waals surface area contributed by atoms with E-state index < -0.39 is 11.0 Å². The molecule has 1 atom stereocenters. The van der Waals surface area contributed by atoms with Crippen LogP contribution in [0.4, 0.5) is 9.18 Å². The average Bonchev–Trinajstić information content (AvgIpc) is 3.16. The Morgan fingerprint density at radius 1 is 1.26 bits per heavy atom. The van der Waals surface area contributed by atoms with Crippen molar-refractivity contribution >= 4 is 23.3 Å². The summed E-state index contributed by atoms with van der Waals surface area (Å²) in [6.07, 6.45) is 5.86. The molecule has 2 aliphatic rings. The Bertz CT molecular complexity index is 1210. The van der Waals surface area contributed by atoms with Crippen LogP contribution in [-0.4, -0.2) is 35.8 Å². The number of hydrogen-bond donors (Lipinski definition) is 1. The van der Waals surface area contributed by atoms with Crippen molar-refractivity contribution in [1.82, 2.24) is 24.6 Å². The molecule has 31 heavy (non-hydrogen) atoms. The Morgan fingerprint density at radius 2 is 2.13 bits per heavy atom. The topological polar surface area (TPSA) is 84.1 Å². The first kappa shape index (κ1) is 19.7. The molecule has 0 bridgehead atoms.